The molecule has 1 atom stereocenters. The maximum atomic E-state index is 12.5. The Labute approximate surface area is 191 Å². The third-order valence-corrected chi connectivity index (χ3v) is 7.68. The number of carboxylic acids is 1. The number of benzene rings is 1. The van der Waals surface area contributed by atoms with Crippen molar-refractivity contribution >= 4 is 41.1 Å². The predicted molar refractivity (Wildman–Crippen MR) is 117 cm³/mol. The van der Waals surface area contributed by atoms with Gasteiger partial charge in [-0.05, 0) is 73.8 Å². The number of amides is 3. The molecule has 1 aromatic rings. The van der Waals surface area contributed by atoms with E-state index < -0.39 is 23.9 Å². The van der Waals surface area contributed by atoms with Crippen LogP contribution in [0.2, 0.25) is 10.0 Å². The van der Waals surface area contributed by atoms with Crippen LogP contribution in [-0.4, -0.2) is 42.1 Å². The Hall–Kier alpha value is -1.99. The first-order valence-electron chi connectivity index (χ1n) is 10.7. The number of carbonyl (C=O) groups is 3. The summed E-state index contributed by atoms with van der Waals surface area (Å²) < 4.78 is 0. The van der Waals surface area contributed by atoms with E-state index in [4.69, 9.17) is 23.2 Å². The van der Waals surface area contributed by atoms with Gasteiger partial charge in [-0.25, -0.2) is 9.59 Å². The molecule has 9 heteroatoms. The maximum Gasteiger partial charge on any atom is 0.328 e. The van der Waals surface area contributed by atoms with Crippen molar-refractivity contribution in [3.8, 4) is 0 Å². The van der Waals surface area contributed by atoms with Crippen LogP contribution in [0.3, 0.4) is 0 Å². The van der Waals surface area contributed by atoms with Crippen LogP contribution in [0.5, 0.6) is 0 Å². The Bertz CT molecular complexity index is 836. The van der Waals surface area contributed by atoms with Gasteiger partial charge in [-0.15, -0.1) is 0 Å². The summed E-state index contributed by atoms with van der Waals surface area (Å²) >= 11 is 12.0. The topological polar surface area (TPSA) is 108 Å². The number of carboxylic acid groups (broad SMARTS) is 1. The molecular weight excluding hydrogens is 441 g/mol. The number of halogens is 2. The lowest BCUT2D eigenvalue weighted by Gasteiger charge is -2.56. The second-order valence-corrected chi connectivity index (χ2v) is 10.3. The average molecular weight is 468 g/mol. The SMILES string of the molecule is O=C(NC[C@H](NC(=O)c1c(Cl)cccc1Cl)C(=O)O)NCC12CC3CC(CC(C3)C1)C2. The van der Waals surface area contributed by atoms with Gasteiger partial charge in [0.1, 0.15) is 6.04 Å². The van der Waals surface area contributed by atoms with Crippen LogP contribution in [0, 0.1) is 23.2 Å². The third kappa shape index (κ3) is 4.93. The van der Waals surface area contributed by atoms with E-state index in [-0.39, 0.29) is 27.6 Å². The number of nitrogens with one attached hydrogen (secondary N) is 3. The van der Waals surface area contributed by atoms with Gasteiger partial charge in [0.05, 0.1) is 22.2 Å². The molecule has 4 fully saturated rings. The predicted octanol–water partition coefficient (Wildman–Crippen LogP) is 3.69. The lowest BCUT2D eigenvalue weighted by molar-refractivity contribution is -0.139. The zero-order chi connectivity index (χ0) is 22.2. The largest absolute Gasteiger partial charge is 0.480 e. The number of carbonyl (C=O) groups excluding carboxylic acids is 2. The number of hydrogen-bond acceptors (Lipinski definition) is 3. The first-order chi connectivity index (χ1) is 14.7. The zero-order valence-electron chi connectivity index (χ0n) is 17.1. The van der Waals surface area contributed by atoms with Crippen molar-refractivity contribution in [2.45, 2.75) is 44.6 Å². The van der Waals surface area contributed by atoms with Crippen molar-refractivity contribution in [1.29, 1.82) is 0 Å². The van der Waals surface area contributed by atoms with Gasteiger partial charge in [0, 0.05) is 6.54 Å². The van der Waals surface area contributed by atoms with Crippen LogP contribution in [0.25, 0.3) is 0 Å². The summed E-state index contributed by atoms with van der Waals surface area (Å²) in [6.45, 7) is 0.359. The van der Waals surface area contributed by atoms with Crippen LogP contribution in [-0.2, 0) is 4.79 Å². The van der Waals surface area contributed by atoms with Crippen LogP contribution in [0.1, 0.15) is 48.9 Å². The van der Waals surface area contributed by atoms with Gasteiger partial charge in [0.25, 0.3) is 5.91 Å². The molecule has 4 saturated carbocycles. The molecule has 0 saturated heterocycles. The van der Waals surface area contributed by atoms with Crippen molar-refractivity contribution in [3.05, 3.63) is 33.8 Å². The van der Waals surface area contributed by atoms with Gasteiger partial charge in [0.2, 0.25) is 0 Å². The van der Waals surface area contributed by atoms with Crippen molar-refractivity contribution in [3.63, 3.8) is 0 Å². The van der Waals surface area contributed by atoms with Crippen LogP contribution in [0.4, 0.5) is 4.79 Å². The van der Waals surface area contributed by atoms with E-state index in [1.54, 1.807) is 6.07 Å². The molecule has 7 nitrogen and oxygen atoms in total. The molecule has 0 unspecified atom stereocenters. The third-order valence-electron chi connectivity index (χ3n) is 7.05. The molecule has 4 N–H and O–H groups in total. The fraction of sp³-hybridized carbons (Fsp3) is 0.591. The normalized spacial score (nSPS) is 29.3. The minimum absolute atomic E-state index is 0.00310. The number of aliphatic carboxylic acids is 1. The monoisotopic (exact) mass is 467 g/mol. The van der Waals surface area contributed by atoms with E-state index in [0.29, 0.717) is 6.54 Å². The fourth-order valence-corrected chi connectivity index (χ4v) is 6.75. The van der Waals surface area contributed by atoms with Gasteiger partial charge < -0.3 is 21.1 Å². The zero-order valence-corrected chi connectivity index (χ0v) is 18.6. The highest BCUT2D eigenvalue weighted by Gasteiger charge is 2.50. The van der Waals surface area contributed by atoms with Gasteiger partial charge in [-0.2, -0.15) is 0 Å². The highest BCUT2D eigenvalue weighted by atomic mass is 35.5. The summed E-state index contributed by atoms with van der Waals surface area (Å²) in [6.07, 6.45) is 7.52. The molecule has 4 aliphatic rings. The van der Waals surface area contributed by atoms with Crippen molar-refractivity contribution in [2.24, 2.45) is 23.2 Å². The first kappa shape index (κ1) is 22.2. The molecule has 168 valence electrons. The standard InChI is InChI=1S/C22H27Cl2N3O4/c23-15-2-1-3-16(24)18(15)19(28)27-17(20(29)30)10-25-21(31)26-11-22-7-12-4-13(8-22)6-14(5-12)9-22/h1-3,12-14,17H,4-11H2,(H,27,28)(H,29,30)(H2,25,26,31)/t12?,13?,14?,17-,22?/m0/s1. The van der Waals surface area contributed by atoms with E-state index in [2.05, 4.69) is 16.0 Å². The van der Waals surface area contributed by atoms with Crippen LogP contribution >= 0.6 is 23.2 Å². The van der Waals surface area contributed by atoms with Gasteiger partial charge >= 0.3 is 12.0 Å². The summed E-state index contributed by atoms with van der Waals surface area (Å²) in [7, 11) is 0. The van der Waals surface area contributed by atoms with Gasteiger partial charge in [-0.3, -0.25) is 4.79 Å². The molecule has 4 aliphatic carbocycles. The maximum absolute atomic E-state index is 12.5. The van der Waals surface area contributed by atoms with E-state index in [9.17, 15) is 19.5 Å². The molecule has 31 heavy (non-hydrogen) atoms. The quantitative estimate of drug-likeness (QED) is 0.490. The molecule has 5 rings (SSSR count). The highest BCUT2D eigenvalue weighted by molar-refractivity contribution is 6.39. The highest BCUT2D eigenvalue weighted by Crippen LogP contribution is 2.59. The first-order valence-corrected chi connectivity index (χ1v) is 11.5. The molecule has 0 aromatic heterocycles. The molecule has 3 amide bonds. The van der Waals surface area contributed by atoms with E-state index in [1.165, 1.54) is 50.7 Å². The lowest BCUT2D eigenvalue weighted by atomic mass is 9.49. The second-order valence-electron chi connectivity index (χ2n) is 9.44. The van der Waals surface area contributed by atoms with E-state index in [1.807, 2.05) is 0 Å². The number of hydrogen-bond donors (Lipinski definition) is 4. The molecular formula is C22H27Cl2N3O4. The van der Waals surface area contributed by atoms with Crippen molar-refractivity contribution in [2.75, 3.05) is 13.1 Å². The molecule has 0 aliphatic heterocycles. The minimum Gasteiger partial charge on any atom is -0.480 e. The van der Waals surface area contributed by atoms with E-state index in [0.717, 1.165) is 17.8 Å². The number of rotatable bonds is 7. The molecule has 0 heterocycles. The Balaban J connectivity index is 1.29. The Morgan fingerprint density at radius 2 is 1.55 bits per heavy atom. The van der Waals surface area contributed by atoms with Crippen molar-refractivity contribution < 1.29 is 19.5 Å². The molecule has 0 spiro atoms. The van der Waals surface area contributed by atoms with Crippen LogP contribution < -0.4 is 16.0 Å². The van der Waals surface area contributed by atoms with E-state index >= 15 is 0 Å². The average Bonchev–Trinajstić information content (AvgIpc) is 2.68. The summed E-state index contributed by atoms with van der Waals surface area (Å²) in [5, 5.41) is 17.6. The van der Waals surface area contributed by atoms with Gasteiger partial charge in [0.15, 0.2) is 0 Å². The Morgan fingerprint density at radius 1 is 1.00 bits per heavy atom. The fourth-order valence-electron chi connectivity index (χ4n) is 6.18. The molecule has 1 aromatic carbocycles. The minimum atomic E-state index is -1.31. The van der Waals surface area contributed by atoms with Crippen molar-refractivity contribution in [1.82, 2.24) is 16.0 Å². The molecule has 0 radical (unpaired) electrons. The second kappa shape index (κ2) is 8.87. The number of urea groups is 1. The molecule has 4 bridgehead atoms. The summed E-state index contributed by atoms with van der Waals surface area (Å²) in [5.41, 5.74) is 0.191. The Kier molecular flexibility index (Phi) is 6.35. The summed E-state index contributed by atoms with van der Waals surface area (Å²) in [6, 6.07) is 2.84. The summed E-state index contributed by atoms with van der Waals surface area (Å²) in [4.78, 5) is 36.4. The Morgan fingerprint density at radius 3 is 2.06 bits per heavy atom. The lowest BCUT2D eigenvalue weighted by Crippen LogP contribution is -2.54. The smallest absolute Gasteiger partial charge is 0.328 e. The van der Waals surface area contributed by atoms with Crippen LogP contribution in [0.15, 0.2) is 18.2 Å². The summed E-state index contributed by atoms with van der Waals surface area (Å²) in [5.74, 6) is 0.398. The van der Waals surface area contributed by atoms with Gasteiger partial charge in [-0.1, -0.05) is 29.3 Å².